The molecular weight excluding hydrogens is 631 g/mol. The molecule has 0 amide bonds. The highest BCUT2D eigenvalue weighted by Gasteiger charge is 2.28. The summed E-state index contributed by atoms with van der Waals surface area (Å²) in [7, 11) is 1.98. The third-order valence-corrected chi connectivity index (χ3v) is 9.81. The Morgan fingerprint density at radius 3 is 2.71 bits per heavy atom. The second-order valence-electron chi connectivity index (χ2n) is 12.4. The van der Waals surface area contributed by atoms with Gasteiger partial charge in [0.2, 0.25) is 0 Å². The van der Waals surface area contributed by atoms with Crippen molar-refractivity contribution < 1.29 is 23.4 Å². The van der Waals surface area contributed by atoms with E-state index < -0.39 is 5.97 Å². The highest BCUT2D eigenvalue weighted by Crippen LogP contribution is 2.43. The molecule has 0 saturated carbocycles. The molecule has 1 fully saturated rings. The average Bonchev–Trinajstić information content (AvgIpc) is 3.69. The predicted molar refractivity (Wildman–Crippen MR) is 189 cm³/mol. The van der Waals surface area contributed by atoms with Crippen LogP contribution in [0.4, 0.5) is 4.39 Å². The molecule has 10 heteroatoms. The summed E-state index contributed by atoms with van der Waals surface area (Å²) in [6.45, 7) is 6.23. The molecule has 5 aromatic rings. The van der Waals surface area contributed by atoms with Gasteiger partial charge in [-0.15, -0.1) is 0 Å². The van der Waals surface area contributed by atoms with Gasteiger partial charge in [-0.25, -0.2) is 9.18 Å². The number of aromatic nitrogens is 3. The number of H-pyrrole nitrogens is 2. The molecule has 1 aliphatic heterocycles. The second kappa shape index (κ2) is 15.5. The van der Waals surface area contributed by atoms with Gasteiger partial charge in [0.25, 0.3) is 0 Å². The summed E-state index contributed by atoms with van der Waals surface area (Å²) < 4.78 is 31.0. The van der Waals surface area contributed by atoms with Gasteiger partial charge in [-0.3, -0.25) is 5.10 Å². The van der Waals surface area contributed by atoms with Crippen LogP contribution in [-0.2, 0) is 22.3 Å². The fourth-order valence-electron chi connectivity index (χ4n) is 6.99. The van der Waals surface area contributed by atoms with E-state index in [0.717, 1.165) is 95.1 Å². The highest BCUT2D eigenvalue weighted by molar-refractivity contribution is 6.35. The summed E-state index contributed by atoms with van der Waals surface area (Å²) in [5, 5.41) is 14.8. The number of hydrogen-bond donors (Lipinski definition) is 3. The molecule has 0 bridgehead atoms. The van der Waals surface area contributed by atoms with Gasteiger partial charge in [-0.05, 0) is 106 Å². The van der Waals surface area contributed by atoms with Crippen molar-refractivity contribution in [3.05, 3.63) is 82.0 Å². The van der Waals surface area contributed by atoms with Gasteiger partial charge in [0.05, 0.1) is 35.5 Å². The first-order valence-corrected chi connectivity index (χ1v) is 17.4. The summed E-state index contributed by atoms with van der Waals surface area (Å²) in [6.07, 6.45) is 6.14. The maximum absolute atomic E-state index is 13.8. The summed E-state index contributed by atoms with van der Waals surface area (Å²) >= 11 is 7.04. The van der Waals surface area contributed by atoms with Crippen LogP contribution in [0, 0.1) is 11.7 Å². The van der Waals surface area contributed by atoms with Crippen LogP contribution in [0.15, 0.2) is 48.5 Å². The maximum Gasteiger partial charge on any atom is 0.355 e. The van der Waals surface area contributed by atoms with Crippen LogP contribution in [0.2, 0.25) is 5.02 Å². The van der Waals surface area contributed by atoms with Crippen molar-refractivity contribution in [1.82, 2.24) is 20.5 Å². The Labute approximate surface area is 285 Å². The third-order valence-electron chi connectivity index (χ3n) is 9.50. The van der Waals surface area contributed by atoms with Crippen LogP contribution < -0.4 is 10.1 Å². The van der Waals surface area contributed by atoms with Crippen molar-refractivity contribution in [2.45, 2.75) is 64.8 Å². The molecule has 3 aromatic carbocycles. The van der Waals surface area contributed by atoms with Crippen molar-refractivity contribution in [1.29, 1.82) is 0 Å². The van der Waals surface area contributed by atoms with Crippen molar-refractivity contribution in [2.75, 3.05) is 33.5 Å². The zero-order chi connectivity index (χ0) is 33.6. The summed E-state index contributed by atoms with van der Waals surface area (Å²) in [5.74, 6) is 0.646. The fraction of sp³-hybridized carbons (Fsp3) is 0.421. The number of esters is 1. The Hall–Kier alpha value is -3.92. The van der Waals surface area contributed by atoms with Gasteiger partial charge in [0.15, 0.2) is 0 Å². The van der Waals surface area contributed by atoms with Gasteiger partial charge in [0.1, 0.15) is 17.3 Å². The first-order chi connectivity index (χ1) is 23.4. The number of aromatic amines is 2. The van der Waals surface area contributed by atoms with Crippen LogP contribution in [-0.4, -0.2) is 54.6 Å². The Balaban J connectivity index is 1.32. The lowest BCUT2D eigenvalue weighted by Crippen LogP contribution is -2.21. The first kappa shape index (κ1) is 34.0. The van der Waals surface area contributed by atoms with Crippen molar-refractivity contribution in [3.8, 4) is 16.9 Å². The SMILES string of the molecule is CCOC(=O)c1[nH]c2c(-c3c(C(CCC4CCOCC4)NC)n[nH]c3CC)c(Cl)ccc2c1CCCOc1cccc2cc(F)ccc12. The molecular formula is C38H44ClFN4O4. The molecule has 254 valence electrons. The lowest BCUT2D eigenvalue weighted by molar-refractivity contribution is 0.0519. The van der Waals surface area contributed by atoms with E-state index in [1.54, 1.807) is 13.0 Å². The minimum Gasteiger partial charge on any atom is -0.493 e. The van der Waals surface area contributed by atoms with Crippen LogP contribution in [0.3, 0.4) is 0 Å². The molecule has 0 aliphatic carbocycles. The second-order valence-corrected chi connectivity index (χ2v) is 12.8. The molecule has 6 rings (SSSR count). The number of aryl methyl sites for hydroxylation is 2. The topological polar surface area (TPSA) is 101 Å². The van der Waals surface area contributed by atoms with E-state index in [1.807, 2.05) is 37.4 Å². The minimum absolute atomic E-state index is 0.0207. The van der Waals surface area contributed by atoms with Gasteiger partial charge >= 0.3 is 5.97 Å². The predicted octanol–water partition coefficient (Wildman–Crippen LogP) is 8.72. The number of carbonyl (C=O) groups excluding carboxylic acids is 1. The van der Waals surface area contributed by atoms with Crippen LogP contribution >= 0.6 is 11.6 Å². The molecule has 1 aliphatic rings. The largest absolute Gasteiger partial charge is 0.493 e. The van der Waals surface area contributed by atoms with Gasteiger partial charge in [-0.1, -0.05) is 36.7 Å². The van der Waals surface area contributed by atoms with E-state index in [2.05, 4.69) is 22.3 Å². The average molecular weight is 675 g/mol. The third kappa shape index (κ3) is 7.09. The molecule has 48 heavy (non-hydrogen) atoms. The van der Waals surface area contributed by atoms with E-state index in [9.17, 15) is 9.18 Å². The van der Waals surface area contributed by atoms with Crippen molar-refractivity contribution in [2.24, 2.45) is 5.92 Å². The fourth-order valence-corrected chi connectivity index (χ4v) is 7.25. The van der Waals surface area contributed by atoms with Crippen LogP contribution in [0.1, 0.15) is 79.4 Å². The van der Waals surface area contributed by atoms with E-state index in [1.165, 1.54) is 12.1 Å². The lowest BCUT2D eigenvalue weighted by atomic mass is 9.89. The number of fused-ring (bicyclic) bond motifs is 2. The monoisotopic (exact) mass is 674 g/mol. The van der Waals surface area contributed by atoms with Crippen molar-refractivity contribution in [3.63, 3.8) is 0 Å². The number of benzene rings is 3. The lowest BCUT2D eigenvalue weighted by Gasteiger charge is -2.24. The summed E-state index contributed by atoms with van der Waals surface area (Å²) in [4.78, 5) is 16.8. The Morgan fingerprint density at radius 2 is 1.94 bits per heavy atom. The molecule has 3 heterocycles. The number of nitrogens with one attached hydrogen (secondary N) is 3. The smallest absolute Gasteiger partial charge is 0.355 e. The standard InChI is InChI=1S/C38H44ClFN4O4/c1-4-30-34(37(44-43-30)31(41-3)16-11-23-17-20-46-21-18-23)33-29(39)15-14-28-27(36(42-35(28)33)38(45)47-5-2)9-7-19-48-32-10-6-8-24-22-25(40)12-13-26(24)32/h6,8,10,12-15,22-23,31,41-42H,4-5,7,9,11,16-21H2,1-3H3,(H,43,44). The highest BCUT2D eigenvalue weighted by atomic mass is 35.5. The molecule has 2 aromatic heterocycles. The number of carbonyl (C=O) groups is 1. The number of rotatable bonds is 14. The Bertz CT molecular complexity index is 1880. The quantitative estimate of drug-likeness (QED) is 0.0805. The van der Waals surface area contributed by atoms with E-state index in [-0.39, 0.29) is 18.5 Å². The zero-order valence-corrected chi connectivity index (χ0v) is 28.6. The molecule has 8 nitrogen and oxygen atoms in total. The first-order valence-electron chi connectivity index (χ1n) is 17.1. The molecule has 0 radical (unpaired) electrons. The van der Waals surface area contributed by atoms with E-state index in [4.69, 9.17) is 30.9 Å². The summed E-state index contributed by atoms with van der Waals surface area (Å²) in [5.41, 5.74) is 5.78. The Kier molecular flexibility index (Phi) is 11.0. The molecule has 1 saturated heterocycles. The van der Waals surface area contributed by atoms with Gasteiger partial charge in [-0.2, -0.15) is 5.10 Å². The van der Waals surface area contributed by atoms with Gasteiger partial charge in [0, 0.05) is 40.8 Å². The molecule has 1 unspecified atom stereocenters. The summed E-state index contributed by atoms with van der Waals surface area (Å²) in [6, 6.07) is 14.2. The number of hydrogen-bond acceptors (Lipinski definition) is 6. The van der Waals surface area contributed by atoms with Gasteiger partial charge < -0.3 is 24.5 Å². The van der Waals surface area contributed by atoms with E-state index in [0.29, 0.717) is 41.8 Å². The molecule has 1 atom stereocenters. The molecule has 3 N–H and O–H groups in total. The van der Waals surface area contributed by atoms with Crippen LogP contribution in [0.5, 0.6) is 5.75 Å². The number of halogens is 2. The maximum atomic E-state index is 13.8. The minimum atomic E-state index is -0.407. The Morgan fingerprint density at radius 1 is 1.12 bits per heavy atom. The zero-order valence-electron chi connectivity index (χ0n) is 27.9. The van der Waals surface area contributed by atoms with Crippen molar-refractivity contribution >= 4 is 39.2 Å². The van der Waals surface area contributed by atoms with Crippen LogP contribution in [0.25, 0.3) is 32.8 Å². The normalized spacial score (nSPS) is 14.5. The number of ether oxygens (including phenoxy) is 3. The van der Waals surface area contributed by atoms with E-state index >= 15 is 0 Å². The number of nitrogens with zero attached hydrogens (tertiary/aromatic N) is 1. The molecule has 0 spiro atoms.